The van der Waals surface area contributed by atoms with Crippen molar-refractivity contribution in [3.63, 3.8) is 0 Å². The van der Waals surface area contributed by atoms with Gasteiger partial charge in [0.15, 0.2) is 0 Å². The summed E-state index contributed by atoms with van der Waals surface area (Å²) < 4.78 is 0. The summed E-state index contributed by atoms with van der Waals surface area (Å²) in [6.45, 7) is 13.7. The lowest BCUT2D eigenvalue weighted by atomic mass is 9.79. The van der Waals surface area contributed by atoms with Crippen LogP contribution < -0.4 is 0 Å². The molecule has 2 aromatic carbocycles. The Balaban J connectivity index is 2.29. The minimum Gasteiger partial charge on any atom is -0.0622 e. The molecule has 0 saturated carbocycles. The molecule has 0 radical (unpaired) electrons. The predicted octanol–water partition coefficient (Wildman–Crippen LogP) is 7.01. The first-order chi connectivity index (χ1) is 11.2. The Labute approximate surface area is 147 Å². The molecule has 126 valence electrons. The molecule has 0 N–H and O–H groups in total. The Kier molecular flexibility index (Phi) is 5.49. The average molecular weight is 319 g/mol. The smallest absolute Gasteiger partial charge is 0.0132 e. The second kappa shape index (κ2) is 7.21. The molecule has 0 bridgehead atoms. The van der Waals surface area contributed by atoms with E-state index in [2.05, 4.69) is 108 Å². The van der Waals surface area contributed by atoms with Crippen LogP contribution in [0.5, 0.6) is 0 Å². The summed E-state index contributed by atoms with van der Waals surface area (Å²) in [5.74, 6) is 0. The van der Waals surface area contributed by atoms with Crippen LogP contribution in [-0.4, -0.2) is 0 Å². The normalized spacial score (nSPS) is 13.1. The fourth-order valence-electron chi connectivity index (χ4n) is 2.51. The van der Waals surface area contributed by atoms with Crippen LogP contribution in [0, 0.1) is 0 Å². The summed E-state index contributed by atoms with van der Waals surface area (Å²) in [6, 6.07) is 17.4. The fourth-order valence-corrected chi connectivity index (χ4v) is 2.51. The molecule has 0 aliphatic carbocycles. The molecule has 0 saturated heterocycles. The summed E-state index contributed by atoms with van der Waals surface area (Å²) in [4.78, 5) is 0. The lowest BCUT2D eigenvalue weighted by Gasteiger charge is -2.25. The van der Waals surface area contributed by atoms with Crippen molar-refractivity contribution < 1.29 is 0 Å². The van der Waals surface area contributed by atoms with E-state index in [-0.39, 0.29) is 10.8 Å². The molecular formula is C24H30. The molecule has 2 rings (SSSR count). The maximum absolute atomic E-state index is 2.36. The van der Waals surface area contributed by atoms with Crippen molar-refractivity contribution in [1.82, 2.24) is 0 Å². The minimum atomic E-state index is 0.156. The van der Waals surface area contributed by atoms with E-state index in [1.165, 1.54) is 22.3 Å². The van der Waals surface area contributed by atoms with Gasteiger partial charge in [0.2, 0.25) is 0 Å². The summed E-state index contributed by atoms with van der Waals surface area (Å²) in [5.41, 5.74) is 5.59. The molecule has 0 nitrogen and oxygen atoms in total. The van der Waals surface area contributed by atoms with Crippen molar-refractivity contribution >= 4 is 12.2 Å². The monoisotopic (exact) mass is 318 g/mol. The highest BCUT2D eigenvalue weighted by Gasteiger charge is 2.19. The van der Waals surface area contributed by atoms with Crippen molar-refractivity contribution in [2.75, 3.05) is 0 Å². The van der Waals surface area contributed by atoms with Gasteiger partial charge in [0.05, 0.1) is 0 Å². The standard InChI is InChI=1S/C24H30/c1-23(2,3)21-16-20(17-22(18-21)24(4,5)6)15-11-10-14-19-12-8-7-9-13-19/h7-18H,1-6H3. The van der Waals surface area contributed by atoms with Gasteiger partial charge in [-0.05, 0) is 33.1 Å². The first-order valence-electron chi connectivity index (χ1n) is 8.72. The summed E-state index contributed by atoms with van der Waals surface area (Å²) in [5, 5.41) is 0. The molecule has 0 heteroatoms. The van der Waals surface area contributed by atoms with Crippen LogP contribution in [-0.2, 0) is 10.8 Å². The van der Waals surface area contributed by atoms with Crippen LogP contribution in [0.15, 0.2) is 60.7 Å². The van der Waals surface area contributed by atoms with Crippen LogP contribution in [0.2, 0.25) is 0 Å². The fraction of sp³-hybridized carbons (Fsp3) is 0.333. The van der Waals surface area contributed by atoms with E-state index in [0.29, 0.717) is 0 Å². The quantitative estimate of drug-likeness (QED) is 0.534. The Bertz CT molecular complexity index is 685. The van der Waals surface area contributed by atoms with Gasteiger partial charge in [-0.15, -0.1) is 0 Å². The molecule has 0 amide bonds. The molecule has 0 unspecified atom stereocenters. The highest BCUT2D eigenvalue weighted by atomic mass is 14.2. The van der Waals surface area contributed by atoms with E-state index in [1.807, 2.05) is 6.07 Å². The Hall–Kier alpha value is -2.08. The minimum absolute atomic E-state index is 0.156. The number of benzene rings is 2. The van der Waals surface area contributed by atoms with Crippen LogP contribution in [0.4, 0.5) is 0 Å². The van der Waals surface area contributed by atoms with Gasteiger partial charge in [0.25, 0.3) is 0 Å². The van der Waals surface area contributed by atoms with Gasteiger partial charge in [-0.2, -0.15) is 0 Å². The lowest BCUT2D eigenvalue weighted by molar-refractivity contribution is 0.568. The molecule has 24 heavy (non-hydrogen) atoms. The van der Waals surface area contributed by atoms with Gasteiger partial charge in [-0.3, -0.25) is 0 Å². The molecule has 2 aromatic rings. The number of hydrogen-bond acceptors (Lipinski definition) is 0. The van der Waals surface area contributed by atoms with Gasteiger partial charge < -0.3 is 0 Å². The number of rotatable bonds is 3. The van der Waals surface area contributed by atoms with Gasteiger partial charge >= 0.3 is 0 Å². The first-order valence-corrected chi connectivity index (χ1v) is 8.72. The Morgan fingerprint density at radius 2 is 1.04 bits per heavy atom. The number of hydrogen-bond donors (Lipinski definition) is 0. The van der Waals surface area contributed by atoms with Gasteiger partial charge in [0.1, 0.15) is 0 Å². The van der Waals surface area contributed by atoms with Crippen LogP contribution in [0.3, 0.4) is 0 Å². The third-order valence-electron chi connectivity index (χ3n) is 4.18. The topological polar surface area (TPSA) is 0 Å². The second-order valence-electron chi connectivity index (χ2n) is 8.47. The summed E-state index contributed by atoms with van der Waals surface area (Å²) in [6.07, 6.45) is 8.57. The van der Waals surface area contributed by atoms with Gasteiger partial charge in [-0.1, -0.05) is 114 Å². The molecule has 0 aliphatic heterocycles. The third-order valence-corrected chi connectivity index (χ3v) is 4.18. The second-order valence-corrected chi connectivity index (χ2v) is 8.47. The molecule has 0 aromatic heterocycles. The summed E-state index contributed by atoms with van der Waals surface area (Å²) in [7, 11) is 0. The SMILES string of the molecule is CC(C)(C)c1cc(C=CC=Cc2ccccc2)cc(C(C)(C)C)c1. The van der Waals surface area contributed by atoms with Crippen molar-refractivity contribution in [3.05, 3.63) is 82.9 Å². The van der Waals surface area contributed by atoms with Crippen LogP contribution >= 0.6 is 0 Å². The zero-order valence-corrected chi connectivity index (χ0v) is 15.9. The number of allylic oxidation sites excluding steroid dienone is 2. The van der Waals surface area contributed by atoms with E-state index >= 15 is 0 Å². The molecular weight excluding hydrogens is 288 g/mol. The van der Waals surface area contributed by atoms with Crippen molar-refractivity contribution in [2.24, 2.45) is 0 Å². The summed E-state index contributed by atoms with van der Waals surface area (Å²) >= 11 is 0. The Morgan fingerprint density at radius 1 is 0.583 bits per heavy atom. The first kappa shape index (κ1) is 18.3. The largest absolute Gasteiger partial charge is 0.0622 e. The van der Waals surface area contributed by atoms with Crippen molar-refractivity contribution in [2.45, 2.75) is 52.4 Å². The third kappa shape index (κ3) is 5.23. The predicted molar refractivity (Wildman–Crippen MR) is 108 cm³/mol. The maximum atomic E-state index is 2.36. The van der Waals surface area contributed by atoms with E-state index in [9.17, 15) is 0 Å². The van der Waals surface area contributed by atoms with Gasteiger partial charge in [-0.25, -0.2) is 0 Å². The van der Waals surface area contributed by atoms with Crippen molar-refractivity contribution in [1.29, 1.82) is 0 Å². The molecule has 0 fully saturated rings. The average Bonchev–Trinajstić information content (AvgIpc) is 2.51. The zero-order valence-electron chi connectivity index (χ0n) is 15.9. The maximum Gasteiger partial charge on any atom is -0.0132 e. The molecule has 0 heterocycles. The van der Waals surface area contributed by atoms with E-state index in [4.69, 9.17) is 0 Å². The van der Waals surface area contributed by atoms with E-state index in [0.717, 1.165) is 0 Å². The highest BCUT2D eigenvalue weighted by molar-refractivity contribution is 5.59. The van der Waals surface area contributed by atoms with Crippen molar-refractivity contribution in [3.8, 4) is 0 Å². The Morgan fingerprint density at radius 3 is 1.50 bits per heavy atom. The van der Waals surface area contributed by atoms with Gasteiger partial charge in [0, 0.05) is 0 Å². The van der Waals surface area contributed by atoms with Crippen LogP contribution in [0.25, 0.3) is 12.2 Å². The lowest BCUT2D eigenvalue weighted by Crippen LogP contribution is -2.16. The van der Waals surface area contributed by atoms with E-state index < -0.39 is 0 Å². The zero-order chi connectivity index (χ0) is 17.8. The molecule has 0 spiro atoms. The van der Waals surface area contributed by atoms with E-state index in [1.54, 1.807) is 0 Å². The molecule has 0 aliphatic rings. The highest BCUT2D eigenvalue weighted by Crippen LogP contribution is 2.30. The molecule has 0 atom stereocenters. The van der Waals surface area contributed by atoms with Crippen LogP contribution in [0.1, 0.15) is 63.8 Å².